The Morgan fingerprint density at radius 1 is 1.67 bits per heavy atom. The van der Waals surface area contributed by atoms with Crippen LogP contribution < -0.4 is 5.41 Å². The zero-order chi connectivity index (χ0) is 4.57. The molecule has 0 amide bonds. The van der Waals surface area contributed by atoms with Crippen molar-refractivity contribution in [3.63, 3.8) is 0 Å². The minimum atomic E-state index is 0.880. The van der Waals surface area contributed by atoms with E-state index in [4.69, 9.17) is 5.41 Å². The summed E-state index contributed by atoms with van der Waals surface area (Å²) in [5.74, 6) is 0.880. The van der Waals surface area contributed by atoms with Crippen LogP contribution in [0, 0.1) is 5.92 Å². The van der Waals surface area contributed by atoms with Crippen molar-refractivity contribution in [1.29, 1.82) is 0 Å². The Labute approximate surface area is 37.9 Å². The van der Waals surface area contributed by atoms with E-state index in [2.05, 4.69) is 6.92 Å². The first-order chi connectivity index (χ1) is 2.79. The maximum absolute atomic E-state index is 5.39. The summed E-state index contributed by atoms with van der Waals surface area (Å²) in [7, 11) is 0. The average molecular weight is 84.1 g/mol. The second-order valence-electron chi connectivity index (χ2n) is 2.17. The number of hydrogen-bond donors (Lipinski definition) is 1. The Morgan fingerprint density at radius 3 is 2.17 bits per heavy atom. The molecule has 1 nitrogen and oxygen atoms in total. The van der Waals surface area contributed by atoms with Crippen molar-refractivity contribution in [2.75, 3.05) is 0 Å². The van der Waals surface area contributed by atoms with Crippen LogP contribution in [0.15, 0.2) is 0 Å². The minimum Gasteiger partial charge on any atom is -0.261 e. The van der Waals surface area contributed by atoms with E-state index in [1.165, 1.54) is 18.6 Å². The largest absolute Gasteiger partial charge is 0.261 e. The molecule has 0 spiro atoms. The van der Waals surface area contributed by atoms with Gasteiger partial charge in [0, 0.05) is 12.8 Å². The van der Waals surface area contributed by atoms with Crippen molar-refractivity contribution >= 4 is 5.71 Å². The van der Waals surface area contributed by atoms with Crippen LogP contribution >= 0.6 is 0 Å². The molecule has 0 unspecified atom stereocenters. The van der Waals surface area contributed by atoms with E-state index in [9.17, 15) is 0 Å². The Balaban J connectivity index is 2.28. The maximum atomic E-state index is 5.39. The fourth-order valence-electron chi connectivity index (χ4n) is 0.835. The van der Waals surface area contributed by atoms with Crippen molar-refractivity contribution in [3.8, 4) is 0 Å². The molecule has 1 rings (SSSR count). The lowest BCUT2D eigenvalue weighted by molar-refractivity contribution is -0.126. The number of hydrogen-bond acceptors (Lipinski definition) is 0. The fraction of sp³-hybridized carbons (Fsp3) is 0.800. The van der Waals surface area contributed by atoms with E-state index in [1.807, 2.05) is 0 Å². The van der Waals surface area contributed by atoms with Crippen LogP contribution in [0.5, 0.6) is 0 Å². The first kappa shape index (κ1) is 3.85. The molecule has 0 aromatic heterocycles. The standard InChI is InChI=1S/C5H9N/c1-4-2-5(6)3-4/h4,6H,2-3H2,1H3/p+1. The third-order valence-corrected chi connectivity index (χ3v) is 1.22. The van der Waals surface area contributed by atoms with Gasteiger partial charge in [0.1, 0.15) is 5.71 Å². The van der Waals surface area contributed by atoms with Crippen molar-refractivity contribution in [2.24, 2.45) is 5.92 Å². The van der Waals surface area contributed by atoms with Crippen LogP contribution in [0.2, 0.25) is 0 Å². The lowest BCUT2D eigenvalue weighted by Gasteiger charge is -2.16. The summed E-state index contributed by atoms with van der Waals surface area (Å²) in [5.41, 5.74) is 1.18. The van der Waals surface area contributed by atoms with Crippen LogP contribution in [0.25, 0.3) is 0 Å². The highest BCUT2D eigenvalue weighted by molar-refractivity contribution is 5.84. The molecule has 1 aliphatic carbocycles. The zero-order valence-electron chi connectivity index (χ0n) is 4.07. The van der Waals surface area contributed by atoms with Crippen LogP contribution in [0.1, 0.15) is 19.8 Å². The first-order valence-corrected chi connectivity index (χ1v) is 2.39. The molecule has 0 saturated heterocycles. The summed E-state index contributed by atoms with van der Waals surface area (Å²) in [6.45, 7) is 2.22. The van der Waals surface area contributed by atoms with Gasteiger partial charge in [0.05, 0.1) is 0 Å². The lowest BCUT2D eigenvalue weighted by atomic mass is 9.85. The summed E-state index contributed by atoms with van der Waals surface area (Å²) in [6, 6.07) is 0. The molecule has 2 N–H and O–H groups in total. The van der Waals surface area contributed by atoms with Crippen molar-refractivity contribution in [3.05, 3.63) is 0 Å². The van der Waals surface area contributed by atoms with Crippen molar-refractivity contribution in [1.82, 2.24) is 0 Å². The van der Waals surface area contributed by atoms with Crippen LogP contribution in [-0.2, 0) is 0 Å². The third-order valence-electron chi connectivity index (χ3n) is 1.22. The lowest BCUT2D eigenvalue weighted by Crippen LogP contribution is -2.46. The second kappa shape index (κ2) is 1.07. The van der Waals surface area contributed by atoms with Crippen LogP contribution in [0.4, 0.5) is 0 Å². The second-order valence-corrected chi connectivity index (χ2v) is 2.17. The molecule has 6 heavy (non-hydrogen) atoms. The molecule has 0 bridgehead atoms. The molecule has 0 heterocycles. The van der Waals surface area contributed by atoms with E-state index < -0.39 is 0 Å². The molecule has 1 aliphatic rings. The monoisotopic (exact) mass is 84.1 g/mol. The predicted octanol–water partition coefficient (Wildman–Crippen LogP) is -0.384. The van der Waals surface area contributed by atoms with Crippen molar-refractivity contribution in [2.45, 2.75) is 19.8 Å². The van der Waals surface area contributed by atoms with Gasteiger partial charge in [-0.3, -0.25) is 5.41 Å². The van der Waals surface area contributed by atoms with E-state index in [0.29, 0.717) is 0 Å². The normalized spacial score (nSPS) is 23.8. The Kier molecular flexibility index (Phi) is 0.685. The third kappa shape index (κ3) is 0.445. The molecule has 34 valence electrons. The molecule has 0 aromatic rings. The zero-order valence-corrected chi connectivity index (χ0v) is 4.07. The van der Waals surface area contributed by atoms with E-state index in [0.717, 1.165) is 5.92 Å². The molecular formula is C5H10N+. The Hall–Kier alpha value is -0.330. The molecule has 1 saturated carbocycles. The highest BCUT2D eigenvalue weighted by atomic mass is 14.5. The first-order valence-electron chi connectivity index (χ1n) is 2.39. The number of rotatable bonds is 0. The smallest absolute Gasteiger partial charge is 0.149 e. The highest BCUT2D eigenvalue weighted by Gasteiger charge is 2.22. The minimum absolute atomic E-state index is 0.880. The molecule has 0 aliphatic heterocycles. The van der Waals surface area contributed by atoms with Gasteiger partial charge in [-0.2, -0.15) is 0 Å². The van der Waals surface area contributed by atoms with Crippen LogP contribution in [0.3, 0.4) is 0 Å². The van der Waals surface area contributed by atoms with E-state index in [1.54, 1.807) is 0 Å². The summed E-state index contributed by atoms with van der Waals surface area (Å²) < 4.78 is 0. The van der Waals surface area contributed by atoms with Gasteiger partial charge in [0.25, 0.3) is 0 Å². The van der Waals surface area contributed by atoms with Gasteiger partial charge in [-0.1, -0.05) is 6.92 Å². The summed E-state index contributed by atoms with van der Waals surface area (Å²) in [5, 5.41) is 5.39. The molecule has 1 heteroatoms. The average Bonchev–Trinajstić information content (AvgIpc) is 1.33. The van der Waals surface area contributed by atoms with Gasteiger partial charge < -0.3 is 0 Å². The van der Waals surface area contributed by atoms with Gasteiger partial charge in [0.15, 0.2) is 0 Å². The molecule has 1 fully saturated rings. The molecule has 0 atom stereocenters. The highest BCUT2D eigenvalue weighted by Crippen LogP contribution is 2.18. The molecular weight excluding hydrogens is 74.1 g/mol. The molecule has 0 radical (unpaired) electrons. The van der Waals surface area contributed by atoms with Gasteiger partial charge in [-0.05, 0) is 5.92 Å². The Bertz CT molecular complexity index is 68.0. The summed E-state index contributed by atoms with van der Waals surface area (Å²) >= 11 is 0. The van der Waals surface area contributed by atoms with Crippen LogP contribution in [-0.4, -0.2) is 5.71 Å². The molecule has 0 aromatic carbocycles. The maximum Gasteiger partial charge on any atom is 0.149 e. The number of nitrogens with two attached hydrogens (primary N) is 1. The quantitative estimate of drug-likeness (QED) is 0.414. The van der Waals surface area contributed by atoms with Gasteiger partial charge >= 0.3 is 0 Å². The van der Waals surface area contributed by atoms with Gasteiger partial charge in [0.2, 0.25) is 0 Å². The van der Waals surface area contributed by atoms with Gasteiger partial charge in [-0.15, -0.1) is 0 Å². The fourth-order valence-corrected chi connectivity index (χ4v) is 0.835. The van der Waals surface area contributed by atoms with Gasteiger partial charge in [-0.25, -0.2) is 0 Å². The topological polar surface area (TPSA) is 25.6 Å². The van der Waals surface area contributed by atoms with E-state index in [-0.39, 0.29) is 0 Å². The Morgan fingerprint density at radius 2 is 2.17 bits per heavy atom. The summed E-state index contributed by atoms with van der Waals surface area (Å²) in [4.78, 5) is 0. The summed E-state index contributed by atoms with van der Waals surface area (Å²) in [6.07, 6.45) is 2.33. The van der Waals surface area contributed by atoms with Crippen molar-refractivity contribution < 1.29 is 5.41 Å². The predicted molar refractivity (Wildman–Crippen MR) is 25.3 cm³/mol. The SMILES string of the molecule is CC1CC(=[NH2+])C1. The van der Waals surface area contributed by atoms with E-state index >= 15 is 0 Å².